The molecule has 0 atom stereocenters. The number of hydrogen-bond acceptors (Lipinski definition) is 5. The van der Waals surface area contributed by atoms with E-state index in [1.807, 2.05) is 0 Å². The first-order valence-electron chi connectivity index (χ1n) is 9.19. The van der Waals surface area contributed by atoms with Gasteiger partial charge in [0.1, 0.15) is 0 Å². The van der Waals surface area contributed by atoms with Crippen molar-refractivity contribution in [2.24, 2.45) is 0 Å². The van der Waals surface area contributed by atoms with Crippen LogP contribution in [0, 0.1) is 5.41 Å². The van der Waals surface area contributed by atoms with Gasteiger partial charge in [0.05, 0.1) is 22.4 Å². The van der Waals surface area contributed by atoms with Gasteiger partial charge in [-0.25, -0.2) is 8.78 Å². The Labute approximate surface area is 164 Å². The normalized spacial score (nSPS) is 28.6. The van der Waals surface area contributed by atoms with Crippen molar-refractivity contribution in [1.82, 2.24) is 0 Å². The smallest absolute Gasteiger partial charge is 0.500 e. The van der Waals surface area contributed by atoms with Crippen molar-refractivity contribution in [1.29, 1.82) is 5.41 Å². The van der Waals surface area contributed by atoms with Gasteiger partial charge < -0.3 is 29.4 Å². The van der Waals surface area contributed by atoms with Crippen LogP contribution in [0.4, 0.5) is 8.78 Å². The molecule has 28 heavy (non-hydrogen) atoms. The van der Waals surface area contributed by atoms with E-state index in [1.165, 1.54) is 0 Å². The van der Waals surface area contributed by atoms with Crippen LogP contribution in [0.15, 0.2) is 22.6 Å². The quantitative estimate of drug-likeness (QED) is 0.573. The molecule has 0 aromatic heterocycles. The highest BCUT2D eigenvalue weighted by Gasteiger charge is 2.57. The number of halogens is 2. The van der Waals surface area contributed by atoms with Crippen LogP contribution in [0.1, 0.15) is 55.4 Å². The van der Waals surface area contributed by atoms with E-state index < -0.39 is 70.7 Å². The molecule has 0 radical (unpaired) electrons. The molecular formula is C18H25B2F2N2O4-. The second-order valence-corrected chi connectivity index (χ2v) is 9.36. The molecule has 0 aromatic carbocycles. The summed E-state index contributed by atoms with van der Waals surface area (Å²) in [7, 11) is -2.68. The summed E-state index contributed by atoms with van der Waals surface area (Å²) < 4.78 is 52.9. The number of hydrogen-bond donors (Lipinski definition) is 1. The van der Waals surface area contributed by atoms with E-state index in [0.29, 0.717) is 0 Å². The first-order chi connectivity index (χ1) is 12.5. The third-order valence-corrected chi connectivity index (χ3v) is 6.40. The van der Waals surface area contributed by atoms with Crippen molar-refractivity contribution < 1.29 is 27.4 Å². The topological polar surface area (TPSA) is 83.1 Å². The molecule has 152 valence electrons. The van der Waals surface area contributed by atoms with Gasteiger partial charge in [0.15, 0.2) is 11.7 Å². The van der Waals surface area contributed by atoms with Crippen molar-refractivity contribution in [2.45, 2.75) is 77.8 Å². The van der Waals surface area contributed by atoms with E-state index in [-0.39, 0.29) is 0 Å². The number of nitrogens with zero attached hydrogens (tertiary/aromatic N) is 1. The molecule has 2 saturated heterocycles. The standard InChI is InChI=1S/C18H25B2F2N2O4/c1-15(2)16(3,4)26-19(25-15)9-11(21)12(22)10(14(24)13(9)23)20-27-17(5,6)18(7,8)28-20/h23H,1-8H3/q-1. The second kappa shape index (κ2) is 6.08. The first-order valence-corrected chi connectivity index (χ1v) is 9.19. The molecule has 0 saturated carbocycles. The average Bonchev–Trinajstić information content (AvgIpc) is 2.85. The first kappa shape index (κ1) is 21.4. The van der Waals surface area contributed by atoms with Gasteiger partial charge in [-0.05, 0) is 55.4 Å². The Morgan fingerprint density at radius 2 is 0.964 bits per heavy atom. The summed E-state index contributed by atoms with van der Waals surface area (Å²) in [6.07, 6.45) is 0. The van der Waals surface area contributed by atoms with Gasteiger partial charge in [0, 0.05) is 16.7 Å². The van der Waals surface area contributed by atoms with E-state index in [9.17, 15) is 5.41 Å². The summed E-state index contributed by atoms with van der Waals surface area (Å²) in [4.78, 5) is 0. The number of allylic oxidation sites excluding steroid dienone is 4. The summed E-state index contributed by atoms with van der Waals surface area (Å²) in [5, 5.41) is 18.8. The monoisotopic (exact) mass is 393 g/mol. The molecule has 0 amide bonds. The zero-order valence-corrected chi connectivity index (χ0v) is 17.5. The lowest BCUT2D eigenvalue weighted by atomic mass is 9.64. The van der Waals surface area contributed by atoms with E-state index >= 15 is 8.78 Å². The highest BCUT2D eigenvalue weighted by atomic mass is 19.2. The maximum absolute atomic E-state index is 15.0. The highest BCUT2D eigenvalue weighted by Crippen LogP contribution is 2.44. The second-order valence-electron chi connectivity index (χ2n) is 9.36. The summed E-state index contributed by atoms with van der Waals surface area (Å²) >= 11 is 0. The molecule has 3 rings (SSSR count). The van der Waals surface area contributed by atoms with Crippen molar-refractivity contribution in [2.75, 3.05) is 0 Å². The van der Waals surface area contributed by atoms with E-state index in [1.54, 1.807) is 55.4 Å². The van der Waals surface area contributed by atoms with Crippen LogP contribution in [0.25, 0.3) is 5.41 Å². The van der Waals surface area contributed by atoms with E-state index in [4.69, 9.17) is 24.0 Å². The lowest BCUT2D eigenvalue weighted by Crippen LogP contribution is -2.41. The SMILES string of the molecule is CC1(C)OB(C2=C(F)C(F)=C(B3OC(C)(C)C(C)(C)O3)C(=N)C2=[N-])OC1(C)C. The fourth-order valence-electron chi connectivity index (χ4n) is 3.07. The minimum atomic E-state index is -1.35. The molecule has 2 heterocycles. The van der Waals surface area contributed by atoms with Crippen LogP contribution in [-0.2, 0) is 18.6 Å². The summed E-state index contributed by atoms with van der Waals surface area (Å²) in [5.74, 6) is -2.68. The fourth-order valence-corrected chi connectivity index (χ4v) is 3.07. The van der Waals surface area contributed by atoms with Crippen molar-refractivity contribution in [3.8, 4) is 0 Å². The Bertz CT molecular complexity index is 733. The van der Waals surface area contributed by atoms with Crippen LogP contribution < -0.4 is 0 Å². The van der Waals surface area contributed by atoms with Crippen LogP contribution in [0.5, 0.6) is 0 Å². The Morgan fingerprint density at radius 3 is 1.32 bits per heavy atom. The zero-order chi connectivity index (χ0) is 21.4. The van der Waals surface area contributed by atoms with Gasteiger partial charge in [0.25, 0.3) is 0 Å². The maximum Gasteiger partial charge on any atom is 0.500 e. The lowest BCUT2D eigenvalue weighted by molar-refractivity contribution is 0.00578. The predicted molar refractivity (Wildman–Crippen MR) is 105 cm³/mol. The van der Waals surface area contributed by atoms with E-state index in [2.05, 4.69) is 0 Å². The largest absolute Gasteiger partial charge is 0.802 e. The Hall–Kier alpha value is -1.35. The van der Waals surface area contributed by atoms with Gasteiger partial charge in [-0.3, -0.25) is 0 Å². The van der Waals surface area contributed by atoms with Gasteiger partial charge in [-0.2, -0.15) is 0 Å². The lowest BCUT2D eigenvalue weighted by Gasteiger charge is -2.32. The van der Waals surface area contributed by atoms with Crippen molar-refractivity contribution >= 4 is 25.7 Å². The molecule has 3 aliphatic rings. The molecule has 0 spiro atoms. The Balaban J connectivity index is 2.03. The molecule has 1 N–H and O–H groups in total. The third-order valence-electron chi connectivity index (χ3n) is 6.40. The molecule has 1 aliphatic carbocycles. The minimum absolute atomic E-state index is 0.492. The van der Waals surface area contributed by atoms with Crippen LogP contribution in [0.2, 0.25) is 0 Å². The van der Waals surface area contributed by atoms with Crippen LogP contribution in [0.3, 0.4) is 0 Å². The minimum Gasteiger partial charge on any atom is -0.802 e. The summed E-state index contributed by atoms with van der Waals surface area (Å²) in [5.41, 5.74) is -5.68. The van der Waals surface area contributed by atoms with Crippen LogP contribution in [-0.4, -0.2) is 48.1 Å². The molecule has 6 nitrogen and oxygen atoms in total. The molecule has 2 aliphatic heterocycles. The van der Waals surface area contributed by atoms with Crippen LogP contribution >= 0.6 is 0 Å². The Morgan fingerprint density at radius 1 is 0.679 bits per heavy atom. The van der Waals surface area contributed by atoms with Gasteiger partial charge >= 0.3 is 14.2 Å². The van der Waals surface area contributed by atoms with Crippen molar-refractivity contribution in [3.63, 3.8) is 0 Å². The fraction of sp³-hybridized carbons (Fsp3) is 0.667. The third kappa shape index (κ3) is 2.93. The van der Waals surface area contributed by atoms with Gasteiger partial charge in [0.2, 0.25) is 0 Å². The molecule has 2 fully saturated rings. The molecule has 0 bridgehead atoms. The Kier molecular flexibility index (Phi) is 4.63. The van der Waals surface area contributed by atoms with E-state index in [0.717, 1.165) is 0 Å². The molecule has 10 heteroatoms. The highest BCUT2D eigenvalue weighted by molar-refractivity contribution is 6.80. The van der Waals surface area contributed by atoms with Crippen molar-refractivity contribution in [3.05, 3.63) is 28.0 Å². The maximum atomic E-state index is 15.0. The molecular weight excluding hydrogens is 368 g/mol. The predicted octanol–water partition coefficient (Wildman–Crippen LogP) is 3.74. The molecule has 0 aromatic rings. The summed E-state index contributed by atoms with van der Waals surface area (Å²) in [6.45, 7) is 14.0. The average molecular weight is 393 g/mol. The zero-order valence-electron chi connectivity index (χ0n) is 17.5. The number of nitrogens with one attached hydrogen (secondary N) is 1. The molecule has 0 unspecified atom stereocenters. The van der Waals surface area contributed by atoms with Gasteiger partial charge in [-0.1, -0.05) is 0 Å². The number of rotatable bonds is 2. The summed E-state index contributed by atoms with van der Waals surface area (Å²) in [6, 6.07) is 0. The van der Waals surface area contributed by atoms with Gasteiger partial charge in [-0.15, -0.1) is 5.71 Å².